The van der Waals surface area contributed by atoms with Crippen LogP contribution in [-0.4, -0.2) is 71.1 Å². The topological polar surface area (TPSA) is 143 Å². The van der Waals surface area contributed by atoms with E-state index in [-0.39, 0.29) is 30.7 Å². The fraction of sp³-hybridized carbons (Fsp3) is 0.442. The van der Waals surface area contributed by atoms with Crippen molar-refractivity contribution in [2.24, 2.45) is 5.92 Å². The van der Waals surface area contributed by atoms with E-state index in [1.165, 1.54) is 5.56 Å². The van der Waals surface area contributed by atoms with Gasteiger partial charge in [-0.15, -0.1) is 0 Å². The number of hydrogen-bond donors (Lipinski definition) is 2. The molecule has 12 heteroatoms. The molecule has 3 aromatic rings. The van der Waals surface area contributed by atoms with Gasteiger partial charge in [-0.3, -0.25) is 39.1 Å². The fourth-order valence-corrected chi connectivity index (χ4v) is 9.64. The largest absolute Gasteiger partial charge is 0.372 e. The predicted molar refractivity (Wildman–Crippen MR) is 206 cm³/mol. The number of anilines is 1. The minimum atomic E-state index is -0.956. The number of halogens is 1. The molecule has 3 heterocycles. The van der Waals surface area contributed by atoms with Gasteiger partial charge < -0.3 is 10.2 Å². The molecule has 1 atom stereocenters. The van der Waals surface area contributed by atoms with E-state index in [1.807, 2.05) is 36.4 Å². The Morgan fingerprint density at radius 2 is 1.53 bits per heavy atom. The van der Waals surface area contributed by atoms with Crippen molar-refractivity contribution >= 4 is 46.8 Å². The second-order valence-electron chi connectivity index (χ2n) is 16.0. The third kappa shape index (κ3) is 7.38. The monoisotopic (exact) mass is 760 g/mol. The number of carbonyl (C=O) groups is 5. The van der Waals surface area contributed by atoms with Crippen LogP contribution in [0.5, 0.6) is 0 Å². The second-order valence-corrected chi connectivity index (χ2v) is 16.4. The first kappa shape index (κ1) is 36.9. The van der Waals surface area contributed by atoms with E-state index in [1.54, 1.807) is 6.07 Å². The molecule has 5 aliphatic rings. The molecule has 2 N–H and O–H groups in total. The van der Waals surface area contributed by atoms with Crippen LogP contribution >= 0.6 is 11.6 Å². The maximum atomic E-state index is 13.3. The van der Waals surface area contributed by atoms with Gasteiger partial charge in [-0.05, 0) is 129 Å². The highest BCUT2D eigenvalue weighted by atomic mass is 35.5. The van der Waals surface area contributed by atoms with Gasteiger partial charge in [0.15, 0.2) is 0 Å². The molecule has 0 aromatic heterocycles. The highest BCUT2D eigenvalue weighted by Crippen LogP contribution is 2.39. The van der Waals surface area contributed by atoms with Crippen molar-refractivity contribution in [3.05, 3.63) is 98.6 Å². The molecule has 3 aliphatic heterocycles. The molecule has 3 fully saturated rings. The second kappa shape index (κ2) is 15.2. The van der Waals surface area contributed by atoms with Crippen molar-refractivity contribution < 1.29 is 24.0 Å². The zero-order valence-corrected chi connectivity index (χ0v) is 31.7. The molecule has 284 valence electrons. The molecule has 55 heavy (non-hydrogen) atoms. The lowest BCUT2D eigenvalue weighted by Gasteiger charge is -2.36. The van der Waals surface area contributed by atoms with Gasteiger partial charge in [-0.2, -0.15) is 5.26 Å². The van der Waals surface area contributed by atoms with Crippen molar-refractivity contribution in [1.29, 1.82) is 5.26 Å². The first-order valence-electron chi connectivity index (χ1n) is 19.5. The van der Waals surface area contributed by atoms with Crippen molar-refractivity contribution in [3.63, 3.8) is 0 Å². The van der Waals surface area contributed by atoms with Gasteiger partial charge in [0.2, 0.25) is 11.8 Å². The van der Waals surface area contributed by atoms with E-state index in [0.29, 0.717) is 45.2 Å². The van der Waals surface area contributed by atoms with Gasteiger partial charge in [0.05, 0.1) is 21.7 Å². The average molecular weight is 761 g/mol. The normalized spacial score (nSPS) is 25.3. The molecule has 0 radical (unpaired) electrons. The van der Waals surface area contributed by atoms with Crippen LogP contribution in [0.15, 0.2) is 54.6 Å². The van der Waals surface area contributed by atoms with Crippen LogP contribution in [0.25, 0.3) is 0 Å². The summed E-state index contributed by atoms with van der Waals surface area (Å²) in [5.74, 6) is -0.897. The molecule has 2 aliphatic carbocycles. The van der Waals surface area contributed by atoms with Crippen LogP contribution in [0, 0.1) is 17.2 Å². The zero-order chi connectivity index (χ0) is 38.4. The molecule has 0 bridgehead atoms. The summed E-state index contributed by atoms with van der Waals surface area (Å²) in [6.07, 6.45) is 8.40. The molecule has 2 saturated carbocycles. The number of nitrogens with zero attached hydrogens (tertiary/aromatic N) is 4. The lowest BCUT2D eigenvalue weighted by molar-refractivity contribution is -0.136. The zero-order valence-electron chi connectivity index (χ0n) is 31.0. The maximum absolute atomic E-state index is 13.3. The molecule has 0 spiro atoms. The quantitative estimate of drug-likeness (QED) is 0.263. The summed E-state index contributed by atoms with van der Waals surface area (Å²) in [4.78, 5) is 69.5. The number of imide groups is 2. The van der Waals surface area contributed by atoms with Crippen molar-refractivity contribution in [3.8, 4) is 6.07 Å². The van der Waals surface area contributed by atoms with E-state index < -0.39 is 23.8 Å². The molecule has 1 saturated heterocycles. The molecular weight excluding hydrogens is 716 g/mol. The molecule has 0 unspecified atom stereocenters. The highest BCUT2D eigenvalue weighted by molar-refractivity contribution is 6.32. The fourth-order valence-electron chi connectivity index (χ4n) is 9.42. The van der Waals surface area contributed by atoms with Crippen LogP contribution in [-0.2, 0) is 22.7 Å². The van der Waals surface area contributed by atoms with Crippen molar-refractivity contribution in [1.82, 2.24) is 20.4 Å². The lowest BCUT2D eigenvalue weighted by Crippen LogP contribution is -2.54. The number of rotatable bonds is 8. The Labute approximate surface area is 326 Å². The number of piperidine rings is 1. The Kier molecular flexibility index (Phi) is 10.2. The van der Waals surface area contributed by atoms with E-state index in [9.17, 15) is 29.2 Å². The third-order valence-electron chi connectivity index (χ3n) is 12.6. The van der Waals surface area contributed by atoms with Crippen LogP contribution in [0.3, 0.4) is 0 Å². The number of amides is 5. The Morgan fingerprint density at radius 3 is 2.13 bits per heavy atom. The molecule has 11 nitrogen and oxygen atoms in total. The Balaban J connectivity index is 0.784. The van der Waals surface area contributed by atoms with Gasteiger partial charge in [-0.1, -0.05) is 23.7 Å². The first-order chi connectivity index (χ1) is 26.6. The standard InChI is InChI=1S/C43H45ClN6O5/c1-48(34-13-10-29(21-45)37(44)20-34)33-14-11-32(12-15-33)46-40(52)28-8-6-27(7-9-28)26-4-2-25(3-5-26)22-49-23-30-18-35-36(19-31(30)24-49)43(55)50(42(35)54)38-16-17-39(51)47-41(38)53/h6-10,13,18-20,25-26,32-33,38H,2-5,11-12,14-17,22-24H2,1H3,(H,46,52)(H,47,51,53)/t25-,26-,32-,33-,38-/m1/s1. The van der Waals surface area contributed by atoms with E-state index in [0.717, 1.165) is 92.7 Å². The number of nitriles is 1. The Bertz CT molecular complexity index is 2050. The highest BCUT2D eigenvalue weighted by Gasteiger charge is 2.45. The van der Waals surface area contributed by atoms with Gasteiger partial charge >= 0.3 is 0 Å². The first-order valence-corrected chi connectivity index (χ1v) is 19.9. The summed E-state index contributed by atoms with van der Waals surface area (Å²) < 4.78 is 0. The lowest BCUT2D eigenvalue weighted by atomic mass is 9.78. The van der Waals surface area contributed by atoms with Gasteiger partial charge in [0.25, 0.3) is 17.7 Å². The van der Waals surface area contributed by atoms with Crippen molar-refractivity contribution in [2.45, 2.75) is 101 Å². The number of hydrogen-bond acceptors (Lipinski definition) is 8. The predicted octanol–water partition coefficient (Wildman–Crippen LogP) is 6.08. The average Bonchev–Trinajstić information content (AvgIpc) is 3.69. The van der Waals surface area contributed by atoms with Crippen LogP contribution in [0.4, 0.5) is 5.69 Å². The van der Waals surface area contributed by atoms with E-state index in [2.05, 4.69) is 45.7 Å². The van der Waals surface area contributed by atoms with E-state index >= 15 is 0 Å². The SMILES string of the molecule is CN(c1ccc(C#N)c(Cl)c1)[C@H]1CC[C@H](NC(=O)c2ccc([C@H]3CC[C@H](CN4Cc5cc6c(cc5C4)C(=O)N([C@@H]4CCC(=O)NC4=O)C6=O)CC3)cc2)CC1. The maximum Gasteiger partial charge on any atom is 0.262 e. The Morgan fingerprint density at radius 1 is 0.873 bits per heavy atom. The molecular formula is C43H45ClN6O5. The summed E-state index contributed by atoms with van der Waals surface area (Å²) >= 11 is 6.27. The minimum absolute atomic E-state index is 0.0249. The molecule has 3 aromatic carbocycles. The molecule has 5 amide bonds. The van der Waals surface area contributed by atoms with Gasteiger partial charge in [0, 0.05) is 56.4 Å². The molecule has 8 rings (SSSR count). The number of carbonyl (C=O) groups excluding carboxylic acids is 5. The Hall–Kier alpha value is -5.05. The number of benzene rings is 3. The summed E-state index contributed by atoms with van der Waals surface area (Å²) in [6.45, 7) is 2.40. The smallest absolute Gasteiger partial charge is 0.262 e. The van der Waals surface area contributed by atoms with Gasteiger partial charge in [0.1, 0.15) is 12.1 Å². The number of fused-ring (bicyclic) bond motifs is 2. The summed E-state index contributed by atoms with van der Waals surface area (Å²) in [5, 5.41) is 15.2. The summed E-state index contributed by atoms with van der Waals surface area (Å²) in [6, 6.07) is 19.0. The minimum Gasteiger partial charge on any atom is -0.372 e. The van der Waals surface area contributed by atoms with Crippen LogP contribution in [0.1, 0.15) is 123 Å². The van der Waals surface area contributed by atoms with Crippen molar-refractivity contribution in [2.75, 3.05) is 18.5 Å². The van der Waals surface area contributed by atoms with E-state index in [4.69, 9.17) is 11.6 Å². The third-order valence-corrected chi connectivity index (χ3v) is 12.9. The van der Waals surface area contributed by atoms with Gasteiger partial charge in [-0.25, -0.2) is 0 Å². The summed E-state index contributed by atoms with van der Waals surface area (Å²) in [5.41, 5.74) is 6.23. The van der Waals surface area contributed by atoms with Crippen LogP contribution in [0.2, 0.25) is 5.02 Å². The number of nitrogens with one attached hydrogen (secondary N) is 2. The summed E-state index contributed by atoms with van der Waals surface area (Å²) in [7, 11) is 2.06. The van der Waals surface area contributed by atoms with Crippen LogP contribution < -0.4 is 15.5 Å².